The molecule has 1 aliphatic heterocycles. The molecule has 0 aromatic heterocycles. The number of hydrogen-bond acceptors (Lipinski definition) is 2. The number of carbonyl (C=O) groups is 1. The van der Waals surface area contributed by atoms with Gasteiger partial charge < -0.3 is 10.2 Å². The highest BCUT2D eigenvalue weighted by Gasteiger charge is 2.32. The van der Waals surface area contributed by atoms with Gasteiger partial charge in [-0.3, -0.25) is 4.79 Å². The van der Waals surface area contributed by atoms with Crippen LogP contribution in [0.4, 0.5) is 4.39 Å². The van der Waals surface area contributed by atoms with Crippen LogP contribution in [-0.2, 0) is 11.2 Å². The number of piperazine rings is 1. The van der Waals surface area contributed by atoms with Crippen molar-refractivity contribution in [2.24, 2.45) is 0 Å². The summed E-state index contributed by atoms with van der Waals surface area (Å²) >= 11 is 0. The minimum Gasteiger partial charge on any atom is -0.337 e. The number of carbonyl (C=O) groups excluding carboxylic acids is 1. The van der Waals surface area contributed by atoms with Crippen molar-refractivity contribution in [2.45, 2.75) is 38.8 Å². The molecule has 19 heavy (non-hydrogen) atoms. The Morgan fingerprint density at radius 3 is 2.68 bits per heavy atom. The van der Waals surface area contributed by atoms with Gasteiger partial charge in [-0.15, -0.1) is 0 Å². The first-order valence-electron chi connectivity index (χ1n) is 6.66. The molecule has 104 valence electrons. The lowest BCUT2D eigenvalue weighted by Crippen LogP contribution is -2.62. The molecule has 0 bridgehead atoms. The first-order valence-corrected chi connectivity index (χ1v) is 6.66. The summed E-state index contributed by atoms with van der Waals surface area (Å²) in [5, 5.41) is 3.42. The lowest BCUT2D eigenvalue weighted by molar-refractivity contribution is -0.135. The van der Waals surface area contributed by atoms with Crippen LogP contribution in [0.1, 0.15) is 26.3 Å². The first kappa shape index (κ1) is 14.0. The molecule has 1 fully saturated rings. The fraction of sp³-hybridized carbons (Fsp3) is 0.533. The van der Waals surface area contributed by atoms with Gasteiger partial charge in [0.15, 0.2) is 0 Å². The van der Waals surface area contributed by atoms with Crippen molar-refractivity contribution in [3.05, 3.63) is 35.6 Å². The molecule has 0 saturated carbocycles. The third-order valence-electron chi connectivity index (χ3n) is 3.56. The van der Waals surface area contributed by atoms with Crippen LogP contribution < -0.4 is 5.32 Å². The van der Waals surface area contributed by atoms with Crippen LogP contribution in [0.15, 0.2) is 24.3 Å². The summed E-state index contributed by atoms with van der Waals surface area (Å²) in [5.74, 6) is -0.165. The van der Waals surface area contributed by atoms with Gasteiger partial charge in [0.25, 0.3) is 0 Å². The normalized spacial score (nSPS) is 22.3. The predicted molar refractivity (Wildman–Crippen MR) is 73.4 cm³/mol. The summed E-state index contributed by atoms with van der Waals surface area (Å²) in [6.07, 6.45) is 0.334. The molecule has 1 saturated heterocycles. The van der Waals surface area contributed by atoms with Crippen LogP contribution in [0.5, 0.6) is 0 Å². The number of amides is 1. The molecule has 0 spiro atoms. The van der Waals surface area contributed by atoms with Crippen molar-refractivity contribution < 1.29 is 9.18 Å². The largest absolute Gasteiger partial charge is 0.337 e. The number of nitrogens with one attached hydrogen (secondary N) is 1. The van der Waals surface area contributed by atoms with E-state index in [4.69, 9.17) is 0 Å². The Labute approximate surface area is 113 Å². The molecule has 0 aliphatic carbocycles. The number of rotatable bonds is 2. The topological polar surface area (TPSA) is 32.3 Å². The van der Waals surface area contributed by atoms with Gasteiger partial charge >= 0.3 is 0 Å². The van der Waals surface area contributed by atoms with E-state index in [0.29, 0.717) is 13.0 Å². The smallest absolute Gasteiger partial charge is 0.227 e. The molecule has 1 aromatic rings. The van der Waals surface area contributed by atoms with Crippen LogP contribution in [-0.4, -0.2) is 35.5 Å². The van der Waals surface area contributed by atoms with Crippen molar-refractivity contribution in [2.75, 3.05) is 13.1 Å². The third kappa shape index (κ3) is 3.53. The van der Waals surface area contributed by atoms with E-state index in [2.05, 4.69) is 19.2 Å². The fourth-order valence-electron chi connectivity index (χ4n) is 2.38. The van der Waals surface area contributed by atoms with E-state index in [1.807, 2.05) is 11.8 Å². The average molecular weight is 264 g/mol. The summed E-state index contributed by atoms with van der Waals surface area (Å²) in [7, 11) is 0. The number of halogens is 1. The third-order valence-corrected chi connectivity index (χ3v) is 3.56. The van der Waals surface area contributed by atoms with Crippen molar-refractivity contribution >= 4 is 5.91 Å². The zero-order chi connectivity index (χ0) is 14.0. The minimum atomic E-state index is -0.270. The lowest BCUT2D eigenvalue weighted by atomic mass is 9.98. The van der Waals surface area contributed by atoms with E-state index in [-0.39, 0.29) is 23.3 Å². The van der Waals surface area contributed by atoms with Gasteiger partial charge in [0.1, 0.15) is 5.82 Å². The number of nitrogens with zero attached hydrogens (tertiary/aromatic N) is 1. The quantitative estimate of drug-likeness (QED) is 0.885. The van der Waals surface area contributed by atoms with E-state index in [1.165, 1.54) is 12.1 Å². The maximum absolute atomic E-state index is 12.8. The molecule has 1 unspecified atom stereocenters. The molecule has 4 heteroatoms. The van der Waals surface area contributed by atoms with Gasteiger partial charge in [-0.25, -0.2) is 4.39 Å². The van der Waals surface area contributed by atoms with Crippen molar-refractivity contribution in [3.63, 3.8) is 0 Å². The first-order chi connectivity index (χ1) is 8.87. The molecular weight excluding hydrogens is 243 g/mol. The second-order valence-electron chi connectivity index (χ2n) is 5.94. The van der Waals surface area contributed by atoms with Crippen molar-refractivity contribution in [1.82, 2.24) is 10.2 Å². The minimum absolute atomic E-state index is 0.0506. The Hall–Kier alpha value is -1.42. The predicted octanol–water partition coefficient (Wildman–Crippen LogP) is 1.97. The molecular formula is C15H21FN2O. The van der Waals surface area contributed by atoms with E-state index in [9.17, 15) is 9.18 Å². The van der Waals surface area contributed by atoms with Gasteiger partial charge in [0.05, 0.1) is 6.42 Å². The Kier molecular flexibility index (Phi) is 3.90. The Morgan fingerprint density at radius 1 is 1.42 bits per heavy atom. The van der Waals surface area contributed by atoms with Gasteiger partial charge in [0.2, 0.25) is 5.91 Å². The highest BCUT2D eigenvalue weighted by Crippen LogP contribution is 2.16. The number of hydrogen-bond donors (Lipinski definition) is 1. The van der Waals surface area contributed by atoms with Gasteiger partial charge in [-0.2, -0.15) is 0 Å². The van der Waals surface area contributed by atoms with Crippen LogP contribution in [0.2, 0.25) is 0 Å². The van der Waals surface area contributed by atoms with Crippen molar-refractivity contribution in [1.29, 1.82) is 0 Å². The Morgan fingerprint density at radius 2 is 2.05 bits per heavy atom. The maximum Gasteiger partial charge on any atom is 0.227 e. The van der Waals surface area contributed by atoms with Gasteiger partial charge in [-0.05, 0) is 38.5 Å². The van der Waals surface area contributed by atoms with Crippen LogP contribution in [0, 0.1) is 5.82 Å². The van der Waals surface area contributed by atoms with Crippen LogP contribution in [0.25, 0.3) is 0 Å². The SMILES string of the molecule is CC1CNC(C)(C)CN1C(=O)Cc1ccc(F)cc1. The maximum atomic E-state index is 12.8. The second kappa shape index (κ2) is 5.29. The molecule has 1 aliphatic rings. The Bertz CT molecular complexity index is 456. The molecule has 2 rings (SSSR count). The van der Waals surface area contributed by atoms with E-state index in [0.717, 1.165) is 12.1 Å². The average Bonchev–Trinajstić information content (AvgIpc) is 2.35. The van der Waals surface area contributed by atoms with E-state index in [1.54, 1.807) is 12.1 Å². The number of benzene rings is 1. The van der Waals surface area contributed by atoms with E-state index < -0.39 is 0 Å². The van der Waals surface area contributed by atoms with Crippen LogP contribution in [0.3, 0.4) is 0 Å². The summed E-state index contributed by atoms with van der Waals surface area (Å²) in [5.41, 5.74) is 0.806. The molecule has 1 aromatic carbocycles. The molecule has 1 atom stereocenters. The lowest BCUT2D eigenvalue weighted by Gasteiger charge is -2.43. The monoisotopic (exact) mass is 264 g/mol. The van der Waals surface area contributed by atoms with Gasteiger partial charge in [0, 0.05) is 24.7 Å². The van der Waals surface area contributed by atoms with Crippen LogP contribution >= 0.6 is 0 Å². The van der Waals surface area contributed by atoms with Crippen molar-refractivity contribution in [3.8, 4) is 0 Å². The summed E-state index contributed by atoms with van der Waals surface area (Å²) < 4.78 is 12.8. The molecule has 1 N–H and O–H groups in total. The molecule has 0 radical (unpaired) electrons. The fourth-order valence-corrected chi connectivity index (χ4v) is 2.38. The summed E-state index contributed by atoms with van der Waals surface area (Å²) in [4.78, 5) is 14.3. The standard InChI is InChI=1S/C15H21FN2O/c1-11-9-17-15(2,3)10-18(11)14(19)8-12-4-6-13(16)7-5-12/h4-7,11,17H,8-10H2,1-3H3. The summed E-state index contributed by atoms with van der Waals surface area (Å²) in [6.45, 7) is 7.75. The second-order valence-corrected chi connectivity index (χ2v) is 5.94. The summed E-state index contributed by atoms with van der Waals surface area (Å²) in [6, 6.07) is 6.33. The molecule has 1 heterocycles. The zero-order valence-corrected chi connectivity index (χ0v) is 11.7. The van der Waals surface area contributed by atoms with E-state index >= 15 is 0 Å². The highest BCUT2D eigenvalue weighted by atomic mass is 19.1. The Balaban J connectivity index is 2.04. The molecule has 1 amide bonds. The molecule has 3 nitrogen and oxygen atoms in total. The zero-order valence-electron chi connectivity index (χ0n) is 11.7. The highest BCUT2D eigenvalue weighted by molar-refractivity contribution is 5.79. The van der Waals surface area contributed by atoms with Gasteiger partial charge in [-0.1, -0.05) is 12.1 Å².